The molecule has 2 aliphatic carbocycles. The summed E-state index contributed by atoms with van der Waals surface area (Å²) in [5, 5.41) is 0. The average molecular weight is 789 g/mol. The van der Waals surface area contributed by atoms with E-state index in [1.54, 1.807) is 22.3 Å². The van der Waals surface area contributed by atoms with E-state index in [1.165, 1.54) is 50.1 Å². The van der Waals surface area contributed by atoms with Crippen LogP contribution in [0.2, 0.25) is 9.26 Å². The molecular formula is C45H58Cl2SiZr. The summed E-state index contributed by atoms with van der Waals surface area (Å²) in [6.07, 6.45) is 5.17. The molecule has 0 aliphatic heterocycles. The molecule has 2 unspecified atom stereocenters. The van der Waals surface area contributed by atoms with E-state index in [4.69, 9.17) is 0 Å². The molecule has 0 saturated carbocycles. The Bertz CT molecular complexity index is 2010. The van der Waals surface area contributed by atoms with Crippen LogP contribution in [-0.4, -0.2) is 6.88 Å². The molecule has 2 aliphatic rings. The molecule has 0 heterocycles. The van der Waals surface area contributed by atoms with Crippen molar-refractivity contribution in [1.29, 1.82) is 0 Å². The number of fused-ring (bicyclic) bond motifs is 2. The molecule has 0 amide bonds. The zero-order valence-corrected chi connectivity index (χ0v) is 37.4. The average Bonchev–Trinajstić information content (AvgIpc) is 3.55. The Hall–Kier alpha value is -1.96. The van der Waals surface area contributed by atoms with E-state index in [2.05, 4.69) is 176 Å². The normalized spacial score (nSPS) is 17.5. The minimum Gasteiger partial charge on any atom is -0.147 e. The summed E-state index contributed by atoms with van der Waals surface area (Å²) in [7, 11) is 0. The maximum atomic E-state index is 2.78. The van der Waals surface area contributed by atoms with Crippen LogP contribution in [0.3, 0.4) is 0 Å². The van der Waals surface area contributed by atoms with Crippen LogP contribution in [0.1, 0.15) is 109 Å². The van der Waals surface area contributed by atoms with Crippen molar-refractivity contribution in [2.75, 3.05) is 0 Å². The van der Waals surface area contributed by atoms with Crippen molar-refractivity contribution in [3.8, 4) is 22.3 Å². The van der Waals surface area contributed by atoms with E-state index in [0.717, 1.165) is 0 Å². The summed E-state index contributed by atoms with van der Waals surface area (Å²) in [6.45, 7) is 25.8. The first kappa shape index (κ1) is 39.8. The van der Waals surface area contributed by atoms with Gasteiger partial charge in [-0.3, -0.25) is 0 Å². The molecule has 2 atom stereocenters. The van der Waals surface area contributed by atoms with E-state index < -0.39 is 17.4 Å². The molecule has 4 aromatic carbocycles. The molecule has 0 N–H and O–H groups in total. The summed E-state index contributed by atoms with van der Waals surface area (Å²) in [6, 6.07) is 30.9. The molecule has 0 radical (unpaired) electrons. The van der Waals surface area contributed by atoms with Crippen molar-refractivity contribution in [3.63, 3.8) is 0 Å². The topological polar surface area (TPSA) is 0 Å². The number of rotatable bonds is 5. The number of aryl methyl sites for hydroxylation is 1. The Kier molecular flexibility index (Phi) is 11.0. The number of hydrogen-bond donors (Lipinski definition) is 0. The van der Waals surface area contributed by atoms with Crippen molar-refractivity contribution in [2.45, 2.75) is 96.6 Å². The molecular weight excluding hydrogens is 731 g/mol. The van der Waals surface area contributed by atoms with Crippen LogP contribution in [0.15, 0.2) is 90.0 Å². The van der Waals surface area contributed by atoms with Gasteiger partial charge >= 0.3 is 290 Å². The van der Waals surface area contributed by atoms with Gasteiger partial charge in [-0.2, -0.15) is 0 Å². The molecule has 4 heteroatoms. The summed E-state index contributed by atoms with van der Waals surface area (Å²) in [5.74, 6) is 0.501. The molecule has 0 spiro atoms. The number of hydrogen-bond acceptors (Lipinski definition) is 0. The molecule has 0 aromatic heterocycles. The maximum absolute atomic E-state index is 3.70. The van der Waals surface area contributed by atoms with Crippen LogP contribution in [0.4, 0.5) is 0 Å². The Morgan fingerprint density at radius 2 is 1.10 bits per heavy atom. The summed E-state index contributed by atoms with van der Waals surface area (Å²) >= 11 is -3.70. The maximum Gasteiger partial charge on any atom is -0.147 e. The monoisotopic (exact) mass is 786 g/mol. The summed E-state index contributed by atoms with van der Waals surface area (Å²) in [4.78, 5) is 0. The second-order valence-corrected chi connectivity index (χ2v) is 48.7. The number of halogens is 2. The minimum atomic E-state index is -3.70. The van der Waals surface area contributed by atoms with Gasteiger partial charge in [-0.15, -0.1) is 24.8 Å². The van der Waals surface area contributed by atoms with Crippen LogP contribution in [0, 0.1) is 12.8 Å². The fourth-order valence-electron chi connectivity index (χ4n) is 8.98. The van der Waals surface area contributed by atoms with Gasteiger partial charge in [0, 0.05) is 0 Å². The van der Waals surface area contributed by atoms with Crippen molar-refractivity contribution < 1.29 is 17.4 Å². The quantitative estimate of drug-likeness (QED) is 0.177. The first-order valence-electron chi connectivity index (χ1n) is 17.7. The molecule has 0 bridgehead atoms. The Labute approximate surface area is 312 Å². The second-order valence-electron chi connectivity index (χ2n) is 18.3. The Morgan fingerprint density at radius 3 is 1.59 bits per heavy atom. The third-order valence-corrected chi connectivity index (χ3v) is 28.9. The van der Waals surface area contributed by atoms with Gasteiger partial charge in [0.1, 0.15) is 0 Å². The fourth-order valence-corrected chi connectivity index (χ4v) is 29.5. The van der Waals surface area contributed by atoms with Crippen LogP contribution >= 0.6 is 24.8 Å². The van der Waals surface area contributed by atoms with Crippen molar-refractivity contribution in [2.24, 2.45) is 5.92 Å². The SMILES string of the molecule is CC1=Cc2c(-c3ccc(C(C)(C)C)cc3)cc(C)cc2[CH]1[Zr]([CH3])([CH3])(=[SiH2])[CH]1C(C(C)C)=Cc2c(-c3ccc(C(C)(C)C)cc3)cccc21.Cl.Cl. The Morgan fingerprint density at radius 1 is 0.612 bits per heavy atom. The zero-order chi connectivity index (χ0) is 34.3. The van der Waals surface area contributed by atoms with Crippen molar-refractivity contribution in [1.82, 2.24) is 0 Å². The Balaban J connectivity index is 0.00000270. The van der Waals surface area contributed by atoms with Gasteiger partial charge in [0.2, 0.25) is 0 Å². The third kappa shape index (κ3) is 7.11. The summed E-state index contributed by atoms with van der Waals surface area (Å²) < 4.78 is 6.56. The van der Waals surface area contributed by atoms with Crippen LogP contribution in [0.25, 0.3) is 34.4 Å². The molecule has 0 fully saturated rings. The van der Waals surface area contributed by atoms with Crippen LogP contribution in [0.5, 0.6) is 0 Å². The van der Waals surface area contributed by atoms with E-state index in [-0.39, 0.29) is 35.6 Å². The molecule has 4 aromatic rings. The first-order valence-corrected chi connectivity index (χ1v) is 31.4. The van der Waals surface area contributed by atoms with Gasteiger partial charge in [0.25, 0.3) is 0 Å². The van der Waals surface area contributed by atoms with Gasteiger partial charge in [-0.25, -0.2) is 0 Å². The van der Waals surface area contributed by atoms with Crippen molar-refractivity contribution in [3.05, 3.63) is 129 Å². The van der Waals surface area contributed by atoms with E-state index >= 15 is 0 Å². The van der Waals surface area contributed by atoms with Crippen LogP contribution in [-0.2, 0) is 28.2 Å². The van der Waals surface area contributed by atoms with Gasteiger partial charge in [-0.1, -0.05) is 0 Å². The van der Waals surface area contributed by atoms with Crippen LogP contribution < -0.4 is 0 Å². The van der Waals surface area contributed by atoms with E-state index in [1.807, 2.05) is 0 Å². The van der Waals surface area contributed by atoms with E-state index in [0.29, 0.717) is 13.2 Å². The van der Waals surface area contributed by atoms with Crippen molar-refractivity contribution >= 4 is 43.8 Å². The predicted molar refractivity (Wildman–Crippen MR) is 223 cm³/mol. The first-order chi connectivity index (χ1) is 21.8. The third-order valence-electron chi connectivity index (χ3n) is 11.3. The largest absolute Gasteiger partial charge is 0.147 e. The number of benzene rings is 4. The molecule has 49 heavy (non-hydrogen) atoms. The fraction of sp³-hybridized carbons (Fsp3) is 0.378. The molecule has 6 rings (SSSR count). The van der Waals surface area contributed by atoms with Gasteiger partial charge < -0.3 is 0 Å². The van der Waals surface area contributed by atoms with Gasteiger partial charge in [0.15, 0.2) is 0 Å². The number of allylic oxidation sites excluding steroid dienone is 2. The van der Waals surface area contributed by atoms with E-state index in [9.17, 15) is 0 Å². The molecule has 0 nitrogen and oxygen atoms in total. The predicted octanol–water partition coefficient (Wildman–Crippen LogP) is 13.4. The minimum absolute atomic E-state index is 0. The standard InChI is InChI=1S/C22H25.C21H23.2CH3.2ClH.H2Si.Zr/c1-15(2)18-13-17-7-6-8-20(21(17)14-18)16-9-11-19(12-10-16)22(3,4)5;1-14-10-17-11-15(2)13-20(17)19(12-14)16-6-8-18(9-7-16)21(3,4)5;;;;;;/h6-15H,1-5H3;6-13H,1-5H3;2*1H3;2*1H;1H2;. The van der Waals surface area contributed by atoms with Gasteiger partial charge in [0.05, 0.1) is 0 Å². The molecule has 0 saturated heterocycles. The summed E-state index contributed by atoms with van der Waals surface area (Å²) in [5.41, 5.74) is 19.2. The van der Waals surface area contributed by atoms with Gasteiger partial charge in [-0.05, 0) is 0 Å². The smallest absolute Gasteiger partial charge is 0.147 e. The second kappa shape index (κ2) is 13.5. The molecule has 260 valence electrons. The zero-order valence-electron chi connectivity index (χ0n) is 31.9.